The molecule has 4 rings (SSSR count). The minimum atomic E-state index is -0.0367. The van der Waals surface area contributed by atoms with Crippen LogP contribution in [-0.4, -0.2) is 4.98 Å². The average molecular weight is 435 g/mol. The summed E-state index contributed by atoms with van der Waals surface area (Å²) in [6.07, 6.45) is 2.17. The maximum absolute atomic E-state index is 5.14. The summed E-state index contributed by atoms with van der Waals surface area (Å²) in [6, 6.07) is 32.1. The number of nitrogens with one attached hydrogen (secondary N) is 1. The Morgan fingerprint density at radius 2 is 1.45 bits per heavy atom. The van der Waals surface area contributed by atoms with Crippen molar-refractivity contribution in [2.45, 2.75) is 52.5 Å². The van der Waals surface area contributed by atoms with Gasteiger partial charge in [-0.05, 0) is 53.6 Å². The Morgan fingerprint density at radius 3 is 2.18 bits per heavy atom. The van der Waals surface area contributed by atoms with E-state index >= 15 is 0 Å². The van der Waals surface area contributed by atoms with E-state index in [1.807, 2.05) is 6.07 Å². The highest BCUT2D eigenvalue weighted by molar-refractivity contribution is 5.63. The molecule has 0 saturated carbocycles. The number of para-hydroxylation sites is 1. The van der Waals surface area contributed by atoms with Gasteiger partial charge in [-0.1, -0.05) is 106 Å². The Hall–Kier alpha value is -3.39. The number of aryl methyl sites for hydroxylation is 2. The molecule has 168 valence electrons. The number of anilines is 1. The van der Waals surface area contributed by atoms with Crippen LogP contribution in [0.5, 0.6) is 0 Å². The molecular formula is C31H34N2. The van der Waals surface area contributed by atoms with E-state index in [0.717, 1.165) is 29.8 Å². The molecule has 33 heavy (non-hydrogen) atoms. The van der Waals surface area contributed by atoms with Gasteiger partial charge in [0.25, 0.3) is 0 Å². The first kappa shape index (κ1) is 22.8. The lowest BCUT2D eigenvalue weighted by Gasteiger charge is -2.27. The van der Waals surface area contributed by atoms with Gasteiger partial charge < -0.3 is 5.32 Å². The van der Waals surface area contributed by atoms with Crippen molar-refractivity contribution in [3.05, 3.63) is 119 Å². The van der Waals surface area contributed by atoms with E-state index in [9.17, 15) is 0 Å². The summed E-state index contributed by atoms with van der Waals surface area (Å²) in [6.45, 7) is 8.97. The molecular weight excluding hydrogens is 400 g/mol. The smallest absolute Gasteiger partial charge is 0.0943 e. The normalized spacial score (nSPS) is 12.0. The third kappa shape index (κ3) is 5.17. The molecule has 0 saturated heterocycles. The van der Waals surface area contributed by atoms with Crippen LogP contribution in [0.1, 0.15) is 67.1 Å². The van der Waals surface area contributed by atoms with Crippen molar-refractivity contribution in [3.63, 3.8) is 0 Å². The molecule has 2 nitrogen and oxygen atoms in total. The second-order valence-electron chi connectivity index (χ2n) is 9.03. The summed E-state index contributed by atoms with van der Waals surface area (Å²) in [5, 5.41) is 3.97. The maximum atomic E-state index is 5.14. The van der Waals surface area contributed by atoms with Crippen LogP contribution in [0.15, 0.2) is 91.0 Å². The zero-order chi connectivity index (χ0) is 23.2. The number of rotatable bonds is 8. The highest BCUT2D eigenvalue weighted by Crippen LogP contribution is 2.35. The Bertz CT molecular complexity index is 1190. The van der Waals surface area contributed by atoms with Gasteiger partial charge in [0, 0.05) is 11.3 Å². The molecule has 0 bridgehead atoms. The molecule has 4 aromatic rings. The molecule has 3 aromatic carbocycles. The summed E-state index contributed by atoms with van der Waals surface area (Å²) in [5.41, 5.74) is 9.69. The van der Waals surface area contributed by atoms with Gasteiger partial charge in [0.2, 0.25) is 0 Å². The van der Waals surface area contributed by atoms with Crippen molar-refractivity contribution in [2.24, 2.45) is 0 Å². The van der Waals surface area contributed by atoms with Crippen LogP contribution in [-0.2, 0) is 6.42 Å². The second-order valence-corrected chi connectivity index (χ2v) is 9.03. The van der Waals surface area contributed by atoms with Gasteiger partial charge in [0.05, 0.1) is 17.4 Å². The Balaban J connectivity index is 1.85. The van der Waals surface area contributed by atoms with Crippen LogP contribution >= 0.6 is 0 Å². The number of aromatic nitrogens is 1. The summed E-state index contributed by atoms with van der Waals surface area (Å²) in [4.78, 5) is 5.14. The van der Waals surface area contributed by atoms with E-state index in [1.54, 1.807) is 0 Å². The molecule has 0 aliphatic carbocycles. The zero-order valence-corrected chi connectivity index (χ0v) is 20.2. The van der Waals surface area contributed by atoms with E-state index in [1.165, 1.54) is 27.9 Å². The van der Waals surface area contributed by atoms with E-state index in [0.29, 0.717) is 5.92 Å². The summed E-state index contributed by atoms with van der Waals surface area (Å²) >= 11 is 0. The predicted octanol–water partition coefficient (Wildman–Crippen LogP) is 8.33. The van der Waals surface area contributed by atoms with Crippen LogP contribution in [0.2, 0.25) is 0 Å². The van der Waals surface area contributed by atoms with Gasteiger partial charge in [-0.15, -0.1) is 0 Å². The van der Waals surface area contributed by atoms with Gasteiger partial charge in [0.1, 0.15) is 0 Å². The topological polar surface area (TPSA) is 24.9 Å². The van der Waals surface area contributed by atoms with Crippen LogP contribution in [0.3, 0.4) is 0 Å². The quantitative estimate of drug-likeness (QED) is 0.301. The van der Waals surface area contributed by atoms with Crippen molar-refractivity contribution in [1.29, 1.82) is 0 Å². The molecule has 1 N–H and O–H groups in total. The van der Waals surface area contributed by atoms with Crippen LogP contribution < -0.4 is 5.32 Å². The largest absolute Gasteiger partial charge is 0.372 e. The third-order valence-corrected chi connectivity index (χ3v) is 6.25. The summed E-state index contributed by atoms with van der Waals surface area (Å²) < 4.78 is 0. The van der Waals surface area contributed by atoms with Crippen LogP contribution in [0.4, 0.5) is 5.69 Å². The molecule has 1 heterocycles. The molecule has 1 atom stereocenters. The van der Waals surface area contributed by atoms with Crippen LogP contribution in [0.25, 0.3) is 11.3 Å². The number of hydrogen-bond acceptors (Lipinski definition) is 2. The highest BCUT2D eigenvalue weighted by Gasteiger charge is 2.21. The molecule has 1 aromatic heterocycles. The molecule has 0 amide bonds. The second kappa shape index (κ2) is 10.5. The highest BCUT2D eigenvalue weighted by atomic mass is 15.0. The van der Waals surface area contributed by atoms with Crippen molar-refractivity contribution < 1.29 is 0 Å². The first-order valence-corrected chi connectivity index (χ1v) is 12.0. The predicted molar refractivity (Wildman–Crippen MR) is 141 cm³/mol. The van der Waals surface area contributed by atoms with Gasteiger partial charge in [-0.2, -0.15) is 0 Å². The maximum Gasteiger partial charge on any atom is 0.0943 e. The van der Waals surface area contributed by atoms with E-state index in [4.69, 9.17) is 4.98 Å². The Morgan fingerprint density at radius 1 is 0.758 bits per heavy atom. The number of pyridine rings is 1. The Kier molecular flexibility index (Phi) is 7.24. The lowest BCUT2D eigenvalue weighted by atomic mass is 9.93. The lowest BCUT2D eigenvalue weighted by molar-refractivity contribution is 0.828. The monoisotopic (exact) mass is 434 g/mol. The van der Waals surface area contributed by atoms with Crippen molar-refractivity contribution in [3.8, 4) is 11.3 Å². The fourth-order valence-corrected chi connectivity index (χ4v) is 4.50. The third-order valence-electron chi connectivity index (χ3n) is 6.25. The van der Waals surface area contributed by atoms with Crippen molar-refractivity contribution in [1.82, 2.24) is 4.98 Å². The zero-order valence-electron chi connectivity index (χ0n) is 20.2. The average Bonchev–Trinajstić information content (AvgIpc) is 2.84. The van der Waals surface area contributed by atoms with E-state index in [2.05, 4.69) is 118 Å². The number of benzene rings is 3. The Labute approximate surface area is 198 Å². The fourth-order valence-electron chi connectivity index (χ4n) is 4.50. The molecule has 0 spiro atoms. The minimum Gasteiger partial charge on any atom is -0.372 e. The molecule has 0 fully saturated rings. The molecule has 1 unspecified atom stereocenters. The van der Waals surface area contributed by atoms with Crippen LogP contribution in [0, 0.1) is 6.92 Å². The number of nitrogens with zero attached hydrogens (tertiary/aromatic N) is 1. The lowest BCUT2D eigenvalue weighted by Crippen LogP contribution is -2.18. The van der Waals surface area contributed by atoms with E-state index in [-0.39, 0.29) is 6.04 Å². The van der Waals surface area contributed by atoms with E-state index < -0.39 is 0 Å². The molecule has 0 radical (unpaired) electrons. The fraction of sp³-hybridized carbons (Fsp3) is 0.258. The summed E-state index contributed by atoms with van der Waals surface area (Å²) in [5.74, 6) is 0.436. The van der Waals surface area contributed by atoms with Gasteiger partial charge in [-0.25, -0.2) is 0 Å². The van der Waals surface area contributed by atoms with Crippen molar-refractivity contribution in [2.75, 3.05) is 5.32 Å². The molecule has 0 aliphatic rings. The van der Waals surface area contributed by atoms with Crippen molar-refractivity contribution >= 4 is 5.69 Å². The van der Waals surface area contributed by atoms with Gasteiger partial charge >= 0.3 is 0 Å². The summed E-state index contributed by atoms with van der Waals surface area (Å²) in [7, 11) is 0. The van der Waals surface area contributed by atoms with Gasteiger partial charge in [0.15, 0.2) is 0 Å². The molecule has 2 heteroatoms. The van der Waals surface area contributed by atoms with Gasteiger partial charge in [-0.3, -0.25) is 4.98 Å². The first-order chi connectivity index (χ1) is 16.1. The SMILES string of the molecule is CCCc1cccc(C(C)C)c1NC(c1cccc(-c2ccccc2)n1)c1ccccc1C. The number of hydrogen-bond donors (Lipinski definition) is 1. The standard InChI is InChI=1S/C31H34N2/c1-5-13-25-17-11-19-26(22(2)3)30(25)33-31(27-18-10-9-14-23(27)4)29-21-12-20-28(32-29)24-15-7-6-8-16-24/h6-12,14-22,31,33H,5,13H2,1-4H3. The first-order valence-electron chi connectivity index (χ1n) is 12.0. The molecule has 0 aliphatic heterocycles. The minimum absolute atomic E-state index is 0.0367.